The lowest BCUT2D eigenvalue weighted by molar-refractivity contribution is -0.885. The number of likely N-dealkylation sites (N-methyl/N-ethyl adjacent to an activating group) is 1. The van der Waals surface area contributed by atoms with Gasteiger partial charge in [0.25, 0.3) is 5.91 Å². The van der Waals surface area contributed by atoms with Crippen LogP contribution in [-0.4, -0.2) is 33.7 Å². The van der Waals surface area contributed by atoms with Gasteiger partial charge in [-0.1, -0.05) is 35.3 Å². The number of hydrogen-bond donors (Lipinski definition) is 2. The molecular weight excluding hydrogens is 375 g/mol. The van der Waals surface area contributed by atoms with Gasteiger partial charge in [0.1, 0.15) is 6.54 Å². The van der Waals surface area contributed by atoms with Crippen LogP contribution in [0.5, 0.6) is 11.5 Å². The lowest BCUT2D eigenvalue weighted by Gasteiger charge is -2.15. The Morgan fingerprint density at radius 1 is 1.08 bits per heavy atom. The second-order valence-electron chi connectivity index (χ2n) is 6.01. The predicted octanol–water partition coefficient (Wildman–Crippen LogP) is 2.34. The van der Waals surface area contributed by atoms with Gasteiger partial charge in [-0.15, -0.1) is 0 Å². The molecule has 0 radical (unpaired) electrons. The van der Waals surface area contributed by atoms with Crippen molar-refractivity contribution >= 4 is 29.1 Å². The van der Waals surface area contributed by atoms with E-state index in [-0.39, 0.29) is 5.91 Å². The fraction of sp³-hybridized carbons (Fsp3) is 0.316. The SMILES string of the molecule is COc1ccc(CNC(=O)C[NH+](C)Cc2ccc(Cl)cc2Cl)cc1OC. The summed E-state index contributed by atoms with van der Waals surface area (Å²) in [7, 11) is 5.12. The highest BCUT2D eigenvalue weighted by Gasteiger charge is 2.13. The molecule has 0 aliphatic carbocycles. The molecule has 0 fully saturated rings. The second-order valence-corrected chi connectivity index (χ2v) is 6.86. The van der Waals surface area contributed by atoms with Gasteiger partial charge in [-0.3, -0.25) is 4.79 Å². The average Bonchev–Trinajstić information content (AvgIpc) is 2.62. The Balaban J connectivity index is 1.86. The van der Waals surface area contributed by atoms with Crippen LogP contribution < -0.4 is 19.7 Å². The number of nitrogens with one attached hydrogen (secondary N) is 2. The quantitative estimate of drug-likeness (QED) is 0.718. The van der Waals surface area contributed by atoms with Gasteiger partial charge in [0.15, 0.2) is 18.0 Å². The minimum Gasteiger partial charge on any atom is -0.493 e. The Hall–Kier alpha value is -1.95. The third-order valence-corrected chi connectivity index (χ3v) is 4.49. The molecule has 2 rings (SSSR count). The maximum atomic E-state index is 12.2. The molecular formula is C19H23Cl2N2O3+. The summed E-state index contributed by atoms with van der Waals surface area (Å²) in [6.07, 6.45) is 0. The zero-order chi connectivity index (χ0) is 19.1. The van der Waals surface area contributed by atoms with Crippen LogP contribution >= 0.6 is 23.2 Å². The molecule has 7 heteroatoms. The minimum absolute atomic E-state index is 0.0395. The van der Waals surface area contributed by atoms with Crippen LogP contribution in [-0.2, 0) is 17.9 Å². The molecule has 2 aromatic rings. The molecule has 2 N–H and O–H groups in total. The zero-order valence-electron chi connectivity index (χ0n) is 15.1. The van der Waals surface area contributed by atoms with E-state index in [1.54, 1.807) is 26.4 Å². The monoisotopic (exact) mass is 397 g/mol. The van der Waals surface area contributed by atoms with Crippen molar-refractivity contribution < 1.29 is 19.2 Å². The molecule has 0 aromatic heterocycles. The normalized spacial score (nSPS) is 11.7. The Morgan fingerprint density at radius 3 is 2.46 bits per heavy atom. The number of ether oxygens (including phenoxy) is 2. The first kappa shape index (κ1) is 20.4. The van der Waals surface area contributed by atoms with Gasteiger partial charge in [0.2, 0.25) is 0 Å². The Kier molecular flexibility index (Phi) is 7.57. The van der Waals surface area contributed by atoms with Gasteiger partial charge in [0, 0.05) is 17.1 Å². The van der Waals surface area contributed by atoms with Gasteiger partial charge in [-0.25, -0.2) is 0 Å². The lowest BCUT2D eigenvalue weighted by atomic mass is 10.2. The number of amides is 1. The standard InChI is InChI=1S/C19H22Cl2N2O3/c1-23(11-14-5-6-15(20)9-16(14)21)12-19(24)22-10-13-4-7-17(25-2)18(8-13)26-3/h4-9H,10-12H2,1-3H3,(H,22,24)/p+1. The largest absolute Gasteiger partial charge is 0.493 e. The second kappa shape index (κ2) is 9.67. The number of carbonyl (C=O) groups excluding carboxylic acids is 1. The number of hydrogen-bond acceptors (Lipinski definition) is 3. The van der Waals surface area contributed by atoms with Crippen molar-refractivity contribution in [2.24, 2.45) is 0 Å². The number of carbonyl (C=O) groups is 1. The van der Waals surface area contributed by atoms with Crippen molar-refractivity contribution in [2.45, 2.75) is 13.1 Å². The molecule has 1 unspecified atom stereocenters. The molecule has 1 atom stereocenters. The zero-order valence-corrected chi connectivity index (χ0v) is 16.6. The van der Waals surface area contributed by atoms with E-state index in [1.165, 1.54) is 0 Å². The van der Waals surface area contributed by atoms with Gasteiger partial charge in [-0.05, 0) is 29.8 Å². The smallest absolute Gasteiger partial charge is 0.275 e. The molecule has 0 aliphatic heterocycles. The van der Waals surface area contributed by atoms with Crippen molar-refractivity contribution in [3.05, 3.63) is 57.6 Å². The van der Waals surface area contributed by atoms with Gasteiger partial charge < -0.3 is 19.7 Å². The summed E-state index contributed by atoms with van der Waals surface area (Å²) < 4.78 is 10.5. The maximum Gasteiger partial charge on any atom is 0.275 e. The van der Waals surface area contributed by atoms with E-state index in [2.05, 4.69) is 5.32 Å². The first-order valence-electron chi connectivity index (χ1n) is 8.15. The molecule has 0 saturated carbocycles. The molecule has 5 nitrogen and oxygen atoms in total. The summed E-state index contributed by atoms with van der Waals surface area (Å²) in [6.45, 7) is 1.40. The number of methoxy groups -OCH3 is 2. The van der Waals surface area contributed by atoms with Crippen LogP contribution in [0.15, 0.2) is 36.4 Å². The van der Waals surface area contributed by atoms with Crippen LogP contribution in [0.3, 0.4) is 0 Å². The molecule has 26 heavy (non-hydrogen) atoms. The summed E-state index contributed by atoms with van der Waals surface area (Å²) in [4.78, 5) is 13.2. The maximum absolute atomic E-state index is 12.2. The van der Waals surface area contributed by atoms with Crippen LogP contribution in [0.25, 0.3) is 0 Å². The van der Waals surface area contributed by atoms with E-state index in [4.69, 9.17) is 32.7 Å². The van der Waals surface area contributed by atoms with Gasteiger partial charge in [0.05, 0.1) is 26.3 Å². The van der Waals surface area contributed by atoms with Crippen molar-refractivity contribution in [2.75, 3.05) is 27.8 Å². The molecule has 2 aromatic carbocycles. The number of halogens is 2. The van der Waals surface area contributed by atoms with Gasteiger partial charge in [-0.2, -0.15) is 0 Å². The highest BCUT2D eigenvalue weighted by Crippen LogP contribution is 2.27. The summed E-state index contributed by atoms with van der Waals surface area (Å²) in [5.41, 5.74) is 1.90. The van der Waals surface area contributed by atoms with E-state index in [1.807, 2.05) is 31.3 Å². The predicted molar refractivity (Wildman–Crippen MR) is 103 cm³/mol. The summed E-state index contributed by atoms with van der Waals surface area (Å²) >= 11 is 12.1. The number of rotatable bonds is 8. The summed E-state index contributed by atoms with van der Waals surface area (Å²) in [5.74, 6) is 1.26. The van der Waals surface area contributed by atoms with Crippen molar-refractivity contribution in [3.8, 4) is 11.5 Å². The van der Waals surface area contributed by atoms with Crippen molar-refractivity contribution in [3.63, 3.8) is 0 Å². The Labute approximate surface area is 163 Å². The number of benzene rings is 2. The lowest BCUT2D eigenvalue weighted by Crippen LogP contribution is -3.08. The third-order valence-electron chi connectivity index (χ3n) is 3.91. The van der Waals surface area contributed by atoms with Crippen molar-refractivity contribution in [1.82, 2.24) is 5.32 Å². The first-order chi connectivity index (χ1) is 12.4. The van der Waals surface area contributed by atoms with Crippen molar-refractivity contribution in [1.29, 1.82) is 0 Å². The topological polar surface area (TPSA) is 52.0 Å². The first-order valence-corrected chi connectivity index (χ1v) is 8.91. The fourth-order valence-corrected chi connectivity index (χ4v) is 3.06. The number of quaternary nitrogens is 1. The minimum atomic E-state index is -0.0395. The van der Waals surface area contributed by atoms with Gasteiger partial charge >= 0.3 is 0 Å². The molecule has 0 saturated heterocycles. The van der Waals surface area contributed by atoms with E-state index < -0.39 is 0 Å². The molecule has 0 bridgehead atoms. The van der Waals surface area contributed by atoms with E-state index in [0.717, 1.165) is 16.0 Å². The highest BCUT2D eigenvalue weighted by molar-refractivity contribution is 6.35. The Morgan fingerprint density at radius 2 is 1.81 bits per heavy atom. The third kappa shape index (κ3) is 5.80. The summed E-state index contributed by atoms with van der Waals surface area (Å²) in [6, 6.07) is 11.0. The molecule has 0 aliphatic rings. The van der Waals surface area contributed by atoms with E-state index in [0.29, 0.717) is 41.2 Å². The fourth-order valence-electron chi connectivity index (χ4n) is 2.58. The Bertz CT molecular complexity index is 768. The summed E-state index contributed by atoms with van der Waals surface area (Å²) in [5, 5.41) is 4.13. The van der Waals surface area contributed by atoms with Crippen LogP contribution in [0.2, 0.25) is 10.0 Å². The average molecular weight is 398 g/mol. The molecule has 0 heterocycles. The molecule has 1 amide bonds. The molecule has 0 spiro atoms. The molecule has 140 valence electrons. The van der Waals surface area contributed by atoms with E-state index in [9.17, 15) is 4.79 Å². The van der Waals surface area contributed by atoms with Crippen LogP contribution in [0.1, 0.15) is 11.1 Å². The van der Waals surface area contributed by atoms with Crippen LogP contribution in [0, 0.1) is 0 Å². The van der Waals surface area contributed by atoms with E-state index >= 15 is 0 Å². The van der Waals surface area contributed by atoms with Crippen LogP contribution in [0.4, 0.5) is 0 Å². The highest BCUT2D eigenvalue weighted by atomic mass is 35.5.